The summed E-state index contributed by atoms with van der Waals surface area (Å²) in [6, 6.07) is -0.156. The number of nitrogens with one attached hydrogen (secondary N) is 3. The van der Waals surface area contributed by atoms with Gasteiger partial charge in [-0.1, -0.05) is 0 Å². The van der Waals surface area contributed by atoms with Crippen LogP contribution in [0.4, 0.5) is 0 Å². The highest BCUT2D eigenvalue weighted by Crippen LogP contribution is 2.66. The number of aromatic amines is 1. The van der Waals surface area contributed by atoms with Gasteiger partial charge in [0.25, 0.3) is 0 Å². The van der Waals surface area contributed by atoms with Crippen molar-refractivity contribution in [2.75, 3.05) is 6.54 Å². The average Bonchev–Trinajstić information content (AvgIpc) is 3.13. The molecule has 1 spiro atoms. The van der Waals surface area contributed by atoms with Crippen LogP contribution < -0.4 is 10.2 Å². The van der Waals surface area contributed by atoms with Crippen LogP contribution in [0.25, 0.3) is 0 Å². The number of aromatic nitrogens is 1. The molecule has 1 aromatic rings. The van der Waals surface area contributed by atoms with E-state index in [2.05, 4.69) is 10.3 Å². The molecule has 0 radical (unpaired) electrons. The van der Waals surface area contributed by atoms with Gasteiger partial charge in [0.1, 0.15) is 24.3 Å². The van der Waals surface area contributed by atoms with E-state index in [0.29, 0.717) is 11.4 Å². The molecule has 7 unspecified atom stereocenters. The van der Waals surface area contributed by atoms with Gasteiger partial charge in [-0.2, -0.15) is 0 Å². The van der Waals surface area contributed by atoms with Crippen molar-refractivity contribution in [1.29, 1.82) is 0 Å². The second kappa shape index (κ2) is 3.91. The maximum Gasteiger partial charge on any atom is 0.225 e. The number of thioether (sulfide) groups is 1. The predicted molar refractivity (Wildman–Crippen MR) is 89.9 cm³/mol. The minimum Gasteiger partial charge on any atom is -0.385 e. The van der Waals surface area contributed by atoms with Crippen molar-refractivity contribution >= 4 is 17.5 Å². The highest BCUT2D eigenvalue weighted by atomic mass is 32.2. The zero-order valence-corrected chi connectivity index (χ0v) is 14.2. The molecule has 7 atom stereocenters. The Morgan fingerprint density at radius 3 is 3.12 bits per heavy atom. The molecule has 2 fully saturated rings. The SMILES string of the molecule is O=C1C2=C3C4c5c(c[nH]c51)CC[NH+]4C1C(O)C=C4SC(CC43C1O)N2. The zero-order valence-electron chi connectivity index (χ0n) is 13.4. The summed E-state index contributed by atoms with van der Waals surface area (Å²) in [4.78, 5) is 18.7. The number of piperidine rings is 1. The van der Waals surface area contributed by atoms with Crippen LogP contribution in [0.3, 0.4) is 0 Å². The standard InChI is InChI=1S/C18H17N3O3S/c22-7-3-8-18-4-9(25-8)20-13-11(18)15-10-6(5-19-12(10)16(13)23)1-2-21(15)14(7)17(18)24/h3,5,7,9,14-15,17,19-20,22,24H,1-2,4H2/p+1. The van der Waals surface area contributed by atoms with E-state index in [1.165, 1.54) is 10.5 Å². The van der Waals surface area contributed by atoms with Gasteiger partial charge in [-0.05, 0) is 23.0 Å². The minimum atomic E-state index is -0.635. The smallest absolute Gasteiger partial charge is 0.225 e. The largest absolute Gasteiger partial charge is 0.385 e. The second-order valence-corrected chi connectivity index (χ2v) is 9.39. The minimum absolute atomic E-state index is 0.0384. The number of H-pyrrole nitrogens is 1. The van der Waals surface area contributed by atoms with Crippen molar-refractivity contribution in [1.82, 2.24) is 10.3 Å². The summed E-state index contributed by atoms with van der Waals surface area (Å²) in [7, 11) is 0. The van der Waals surface area contributed by atoms with Crippen LogP contribution in [0, 0.1) is 5.41 Å². The van der Waals surface area contributed by atoms with Crippen molar-refractivity contribution in [2.45, 2.75) is 42.5 Å². The van der Waals surface area contributed by atoms with E-state index in [1.807, 2.05) is 12.3 Å². The lowest BCUT2D eigenvalue weighted by Gasteiger charge is -2.58. The number of hydrogen-bond donors (Lipinski definition) is 5. The van der Waals surface area contributed by atoms with E-state index in [0.717, 1.165) is 35.4 Å². The van der Waals surface area contributed by atoms with E-state index < -0.39 is 17.6 Å². The Morgan fingerprint density at radius 1 is 1.36 bits per heavy atom. The first-order chi connectivity index (χ1) is 12.1. The third-order valence-electron chi connectivity index (χ3n) is 7.33. The molecule has 6 nitrogen and oxygen atoms in total. The van der Waals surface area contributed by atoms with Gasteiger partial charge in [-0.3, -0.25) is 4.79 Å². The van der Waals surface area contributed by atoms with Crippen LogP contribution in [0.2, 0.25) is 0 Å². The Kier molecular flexibility index (Phi) is 2.13. The number of allylic oxidation sites excluding steroid dienone is 1. The molecule has 128 valence electrons. The molecule has 4 aliphatic heterocycles. The molecular formula is C18H18N3O3S+. The van der Waals surface area contributed by atoms with Gasteiger partial charge < -0.3 is 25.4 Å². The summed E-state index contributed by atoms with van der Waals surface area (Å²) >= 11 is 1.68. The Morgan fingerprint density at radius 2 is 2.24 bits per heavy atom. The van der Waals surface area contributed by atoms with Crippen molar-refractivity contribution in [3.05, 3.63) is 45.3 Å². The fourth-order valence-corrected chi connectivity index (χ4v) is 8.05. The molecule has 0 saturated carbocycles. The van der Waals surface area contributed by atoms with Gasteiger partial charge in [-0.15, -0.1) is 11.8 Å². The summed E-state index contributed by atoms with van der Waals surface area (Å²) in [6.45, 7) is 0.870. The first kappa shape index (κ1) is 13.6. The number of ketones is 1. The highest BCUT2D eigenvalue weighted by molar-refractivity contribution is 8.04. The molecule has 3 bridgehead atoms. The van der Waals surface area contributed by atoms with Crippen LogP contribution in [0.5, 0.6) is 0 Å². The van der Waals surface area contributed by atoms with Gasteiger partial charge in [-0.25, -0.2) is 0 Å². The number of aliphatic hydroxyl groups excluding tert-OH is 2. The fraction of sp³-hybridized carbons (Fsp3) is 0.500. The quantitative estimate of drug-likeness (QED) is 0.412. The molecule has 25 heavy (non-hydrogen) atoms. The number of aliphatic hydroxyl groups is 2. The molecular weight excluding hydrogens is 338 g/mol. The second-order valence-electron chi connectivity index (χ2n) is 8.15. The lowest BCUT2D eigenvalue weighted by molar-refractivity contribution is -0.965. The Balaban J connectivity index is 1.63. The molecule has 6 aliphatic rings. The monoisotopic (exact) mass is 356 g/mol. The molecule has 7 heteroatoms. The number of Topliss-reactive ketones (excluding diaryl/α,β-unsaturated/α-hetero) is 1. The van der Waals surface area contributed by atoms with E-state index in [4.69, 9.17) is 0 Å². The average molecular weight is 356 g/mol. The molecule has 2 saturated heterocycles. The third kappa shape index (κ3) is 1.23. The maximum absolute atomic E-state index is 13.2. The number of rotatable bonds is 0. The summed E-state index contributed by atoms with van der Waals surface area (Å²) in [5, 5.41) is 25.8. The van der Waals surface area contributed by atoms with Gasteiger partial charge in [0.15, 0.2) is 0 Å². The normalized spacial score (nSPS) is 47.6. The lowest BCUT2D eigenvalue weighted by Crippen LogP contribution is -3.21. The number of fused-ring (bicyclic) bond motifs is 3. The van der Waals surface area contributed by atoms with Crippen LogP contribution >= 0.6 is 11.8 Å². The van der Waals surface area contributed by atoms with E-state index >= 15 is 0 Å². The van der Waals surface area contributed by atoms with Crippen molar-refractivity contribution in [3.63, 3.8) is 0 Å². The van der Waals surface area contributed by atoms with E-state index in [9.17, 15) is 15.0 Å². The van der Waals surface area contributed by atoms with Crippen molar-refractivity contribution in [3.8, 4) is 0 Å². The van der Waals surface area contributed by atoms with Gasteiger partial charge >= 0.3 is 0 Å². The summed E-state index contributed by atoms with van der Waals surface area (Å²) < 4.78 is 0. The van der Waals surface area contributed by atoms with Crippen LogP contribution in [-0.2, 0) is 6.42 Å². The van der Waals surface area contributed by atoms with Crippen LogP contribution in [0.1, 0.15) is 34.1 Å². The zero-order chi connectivity index (χ0) is 16.7. The fourth-order valence-electron chi connectivity index (χ4n) is 6.48. The molecule has 0 aromatic carbocycles. The van der Waals surface area contributed by atoms with Gasteiger partial charge in [0.05, 0.1) is 28.7 Å². The maximum atomic E-state index is 13.2. The Hall–Kier alpha value is -1.54. The first-order valence-electron chi connectivity index (χ1n) is 8.98. The van der Waals surface area contributed by atoms with Gasteiger partial charge in [0.2, 0.25) is 5.78 Å². The third-order valence-corrected chi connectivity index (χ3v) is 8.65. The topological polar surface area (TPSA) is 89.8 Å². The molecule has 5 heterocycles. The molecule has 2 aliphatic carbocycles. The molecule has 7 rings (SSSR count). The molecule has 5 N–H and O–H groups in total. The van der Waals surface area contributed by atoms with Crippen LogP contribution in [-0.4, -0.2) is 51.1 Å². The summed E-state index contributed by atoms with van der Waals surface area (Å²) in [5.41, 5.74) is 4.36. The van der Waals surface area contributed by atoms with Gasteiger partial charge in [0, 0.05) is 23.8 Å². The molecule has 1 aromatic heterocycles. The van der Waals surface area contributed by atoms with Crippen LogP contribution in [0.15, 0.2) is 28.4 Å². The van der Waals surface area contributed by atoms with E-state index in [-0.39, 0.29) is 23.2 Å². The summed E-state index contributed by atoms with van der Waals surface area (Å²) in [5.74, 6) is 0.0384. The van der Waals surface area contributed by atoms with E-state index in [1.54, 1.807) is 11.8 Å². The first-order valence-corrected chi connectivity index (χ1v) is 9.86. The number of hydrogen-bond acceptors (Lipinski definition) is 5. The highest BCUT2D eigenvalue weighted by Gasteiger charge is 2.71. The summed E-state index contributed by atoms with van der Waals surface area (Å²) in [6.07, 6.45) is 4.35. The number of quaternary nitrogens is 1. The lowest BCUT2D eigenvalue weighted by atomic mass is 9.56. The molecule has 0 amide bonds. The number of carbonyl (C=O) groups excluding carboxylic acids is 1. The number of carbonyl (C=O) groups is 1. The van der Waals surface area contributed by atoms with Crippen molar-refractivity contribution in [2.24, 2.45) is 5.41 Å². The Bertz CT molecular complexity index is 949. The van der Waals surface area contributed by atoms with Crippen molar-refractivity contribution < 1.29 is 19.9 Å². The predicted octanol–water partition coefficient (Wildman–Crippen LogP) is -0.999. The Labute approximate surface area is 148 Å².